The van der Waals surface area contributed by atoms with Crippen LogP contribution in [0.4, 0.5) is 0 Å². The molecule has 1 aliphatic heterocycles. The molecule has 0 aliphatic carbocycles. The largest absolute Gasteiger partial charge is 0.337 e. The molecule has 0 radical (unpaired) electrons. The van der Waals surface area contributed by atoms with Crippen LogP contribution in [0, 0.1) is 0 Å². The van der Waals surface area contributed by atoms with E-state index in [9.17, 15) is 0 Å². The second kappa shape index (κ2) is 8.21. The van der Waals surface area contributed by atoms with Crippen molar-refractivity contribution in [1.29, 1.82) is 0 Å². The highest BCUT2D eigenvalue weighted by atomic mass is 16.5. The van der Waals surface area contributed by atoms with Gasteiger partial charge in [-0.1, -0.05) is 41.6 Å². The molecule has 1 aliphatic rings. The molecule has 0 saturated carbocycles. The maximum atomic E-state index is 5.40. The number of hydrogen-bond acceptors (Lipinski definition) is 6. The molecule has 3 heterocycles. The fourth-order valence-electron chi connectivity index (χ4n) is 3.21. The van der Waals surface area contributed by atoms with Crippen molar-refractivity contribution in [2.75, 3.05) is 32.7 Å². The Labute approximate surface area is 153 Å². The van der Waals surface area contributed by atoms with Crippen LogP contribution in [0.3, 0.4) is 0 Å². The van der Waals surface area contributed by atoms with Crippen molar-refractivity contribution in [2.24, 2.45) is 0 Å². The molecule has 0 spiro atoms. The molecule has 0 atom stereocenters. The zero-order chi connectivity index (χ0) is 17.6. The molecule has 6 nitrogen and oxygen atoms in total. The molecule has 134 valence electrons. The molecule has 1 aromatic carbocycles. The molecule has 2 aromatic heterocycles. The highest BCUT2D eigenvalue weighted by Gasteiger charge is 2.19. The Balaban J connectivity index is 1.25. The van der Waals surface area contributed by atoms with E-state index in [-0.39, 0.29) is 0 Å². The van der Waals surface area contributed by atoms with Gasteiger partial charge in [-0.3, -0.25) is 9.88 Å². The van der Waals surface area contributed by atoms with Crippen molar-refractivity contribution in [3.05, 3.63) is 66.2 Å². The Hall–Kier alpha value is -2.57. The van der Waals surface area contributed by atoms with E-state index in [2.05, 4.69) is 55.3 Å². The van der Waals surface area contributed by atoms with E-state index >= 15 is 0 Å². The average molecular weight is 349 g/mol. The Kier molecular flexibility index (Phi) is 5.33. The van der Waals surface area contributed by atoms with E-state index in [1.807, 2.05) is 18.2 Å². The molecular weight excluding hydrogens is 326 g/mol. The second-order valence-corrected chi connectivity index (χ2v) is 6.58. The predicted molar refractivity (Wildman–Crippen MR) is 99.4 cm³/mol. The van der Waals surface area contributed by atoms with Crippen LogP contribution in [0.5, 0.6) is 0 Å². The number of piperazine rings is 1. The van der Waals surface area contributed by atoms with E-state index in [0.29, 0.717) is 18.3 Å². The monoisotopic (exact) mass is 349 g/mol. The SMILES string of the molecule is c1ccc(CCN2CCN(Cc3nc(-c4ccccn4)no3)CC2)cc1. The quantitative estimate of drug-likeness (QED) is 0.681. The first-order valence-corrected chi connectivity index (χ1v) is 9.09. The summed E-state index contributed by atoms with van der Waals surface area (Å²) in [4.78, 5) is 13.6. The van der Waals surface area contributed by atoms with Crippen molar-refractivity contribution in [3.8, 4) is 11.5 Å². The van der Waals surface area contributed by atoms with Crippen LogP contribution < -0.4 is 0 Å². The van der Waals surface area contributed by atoms with Gasteiger partial charge >= 0.3 is 0 Å². The zero-order valence-corrected chi connectivity index (χ0v) is 14.8. The Morgan fingerprint density at radius 1 is 0.885 bits per heavy atom. The summed E-state index contributed by atoms with van der Waals surface area (Å²) >= 11 is 0. The molecule has 0 unspecified atom stereocenters. The van der Waals surface area contributed by atoms with Crippen molar-refractivity contribution >= 4 is 0 Å². The molecule has 0 bridgehead atoms. The van der Waals surface area contributed by atoms with Gasteiger partial charge in [-0.05, 0) is 24.1 Å². The third kappa shape index (κ3) is 4.33. The Morgan fingerprint density at radius 3 is 2.42 bits per heavy atom. The summed E-state index contributed by atoms with van der Waals surface area (Å²) in [5.41, 5.74) is 2.15. The summed E-state index contributed by atoms with van der Waals surface area (Å²) in [6, 6.07) is 16.4. The molecule has 6 heteroatoms. The highest BCUT2D eigenvalue weighted by Crippen LogP contribution is 2.14. The Bertz CT molecular complexity index is 797. The van der Waals surface area contributed by atoms with E-state index < -0.39 is 0 Å². The second-order valence-electron chi connectivity index (χ2n) is 6.58. The van der Waals surface area contributed by atoms with Crippen LogP contribution >= 0.6 is 0 Å². The third-order valence-corrected chi connectivity index (χ3v) is 4.75. The topological polar surface area (TPSA) is 58.3 Å². The first-order valence-electron chi connectivity index (χ1n) is 9.09. The fourth-order valence-corrected chi connectivity index (χ4v) is 3.21. The van der Waals surface area contributed by atoms with Gasteiger partial charge in [0.25, 0.3) is 0 Å². The summed E-state index contributed by atoms with van der Waals surface area (Å²) in [5, 5.41) is 4.04. The molecule has 0 N–H and O–H groups in total. The molecule has 26 heavy (non-hydrogen) atoms. The standard InChI is InChI=1S/C20H23N5O/c1-2-6-17(7-3-1)9-11-24-12-14-25(15-13-24)16-19-22-20(23-26-19)18-8-4-5-10-21-18/h1-8,10H,9,11-16H2. The summed E-state index contributed by atoms with van der Waals surface area (Å²) in [5.74, 6) is 1.21. The number of rotatable bonds is 6. The lowest BCUT2D eigenvalue weighted by Crippen LogP contribution is -2.46. The lowest BCUT2D eigenvalue weighted by atomic mass is 10.1. The van der Waals surface area contributed by atoms with Crippen LogP contribution in [0.2, 0.25) is 0 Å². The summed E-state index contributed by atoms with van der Waals surface area (Å²) < 4.78 is 5.40. The van der Waals surface area contributed by atoms with Gasteiger partial charge in [0.05, 0.1) is 6.54 Å². The first kappa shape index (κ1) is 16.9. The van der Waals surface area contributed by atoms with Crippen molar-refractivity contribution in [3.63, 3.8) is 0 Å². The third-order valence-electron chi connectivity index (χ3n) is 4.75. The normalized spacial score (nSPS) is 16.0. The lowest BCUT2D eigenvalue weighted by Gasteiger charge is -2.33. The van der Waals surface area contributed by atoms with Crippen LogP contribution in [0.1, 0.15) is 11.5 Å². The summed E-state index contributed by atoms with van der Waals surface area (Å²) in [6.07, 6.45) is 2.85. The summed E-state index contributed by atoms with van der Waals surface area (Å²) in [6.45, 7) is 6.02. The van der Waals surface area contributed by atoms with Gasteiger partial charge in [-0.15, -0.1) is 0 Å². The highest BCUT2D eigenvalue weighted by molar-refractivity contribution is 5.46. The minimum Gasteiger partial charge on any atom is -0.337 e. The van der Waals surface area contributed by atoms with Crippen LogP contribution in [-0.4, -0.2) is 57.6 Å². The first-order chi connectivity index (χ1) is 12.9. The maximum absolute atomic E-state index is 5.40. The summed E-state index contributed by atoms with van der Waals surface area (Å²) in [7, 11) is 0. The number of pyridine rings is 1. The van der Waals surface area contributed by atoms with E-state index in [4.69, 9.17) is 4.52 Å². The van der Waals surface area contributed by atoms with Crippen molar-refractivity contribution in [1.82, 2.24) is 24.9 Å². The molecule has 1 saturated heterocycles. The zero-order valence-electron chi connectivity index (χ0n) is 14.8. The van der Waals surface area contributed by atoms with Gasteiger partial charge in [-0.25, -0.2) is 0 Å². The van der Waals surface area contributed by atoms with Gasteiger partial charge in [-0.2, -0.15) is 4.98 Å². The minimum atomic E-state index is 0.557. The average Bonchev–Trinajstić information content (AvgIpc) is 3.17. The van der Waals surface area contributed by atoms with Crippen LogP contribution in [0.15, 0.2) is 59.3 Å². The van der Waals surface area contributed by atoms with Crippen molar-refractivity contribution < 1.29 is 4.52 Å². The molecule has 1 fully saturated rings. The lowest BCUT2D eigenvalue weighted by molar-refractivity contribution is 0.118. The fraction of sp³-hybridized carbons (Fsp3) is 0.350. The van der Waals surface area contributed by atoms with E-state index in [0.717, 1.165) is 44.8 Å². The molecule has 0 amide bonds. The molecular formula is C20H23N5O. The van der Waals surface area contributed by atoms with Gasteiger partial charge in [0, 0.05) is 38.9 Å². The Morgan fingerprint density at radius 2 is 1.65 bits per heavy atom. The smallest absolute Gasteiger partial charge is 0.241 e. The minimum absolute atomic E-state index is 0.557. The van der Waals surface area contributed by atoms with E-state index in [1.165, 1.54) is 5.56 Å². The van der Waals surface area contributed by atoms with Gasteiger partial charge in [0.2, 0.25) is 11.7 Å². The number of aromatic nitrogens is 3. The van der Waals surface area contributed by atoms with Crippen molar-refractivity contribution in [2.45, 2.75) is 13.0 Å². The van der Waals surface area contributed by atoms with Gasteiger partial charge in [0.15, 0.2) is 0 Å². The number of benzene rings is 1. The van der Waals surface area contributed by atoms with Crippen LogP contribution in [-0.2, 0) is 13.0 Å². The molecule has 4 rings (SSSR count). The van der Waals surface area contributed by atoms with Gasteiger partial charge < -0.3 is 9.42 Å². The number of hydrogen-bond donors (Lipinski definition) is 0. The predicted octanol–water partition coefficient (Wildman–Crippen LogP) is 2.49. The maximum Gasteiger partial charge on any atom is 0.241 e. The van der Waals surface area contributed by atoms with Gasteiger partial charge in [0.1, 0.15) is 5.69 Å². The molecule has 3 aromatic rings. The number of nitrogens with zero attached hydrogens (tertiary/aromatic N) is 5. The van der Waals surface area contributed by atoms with Crippen LogP contribution in [0.25, 0.3) is 11.5 Å². The van der Waals surface area contributed by atoms with E-state index in [1.54, 1.807) is 6.20 Å².